The van der Waals surface area contributed by atoms with Crippen LogP contribution in [-0.2, 0) is 0 Å². The lowest BCUT2D eigenvalue weighted by Gasteiger charge is -2.44. The van der Waals surface area contributed by atoms with Gasteiger partial charge in [0.1, 0.15) is 0 Å². The van der Waals surface area contributed by atoms with E-state index in [-0.39, 0.29) is 6.71 Å². The predicted molar refractivity (Wildman–Crippen MR) is 303 cm³/mol. The van der Waals surface area contributed by atoms with Crippen molar-refractivity contribution < 1.29 is 0 Å². The lowest BCUT2D eigenvalue weighted by molar-refractivity contribution is 1.17. The molecule has 0 spiro atoms. The van der Waals surface area contributed by atoms with E-state index in [1.54, 1.807) is 0 Å². The second-order valence-electron chi connectivity index (χ2n) is 19.2. The van der Waals surface area contributed by atoms with Gasteiger partial charge in [-0.15, -0.1) is 0 Å². The average molecular weight is 916 g/mol. The maximum atomic E-state index is 2.60. The third-order valence-corrected chi connectivity index (χ3v) is 15.5. The summed E-state index contributed by atoms with van der Waals surface area (Å²) in [5.74, 6) is 0. The van der Waals surface area contributed by atoms with Crippen LogP contribution in [0.1, 0.15) is 0 Å². The first kappa shape index (κ1) is 39.3. The van der Waals surface area contributed by atoms with Crippen molar-refractivity contribution in [1.29, 1.82) is 0 Å². The fourth-order valence-corrected chi connectivity index (χ4v) is 12.8. The molecule has 2 aliphatic heterocycles. The van der Waals surface area contributed by atoms with Crippen molar-refractivity contribution in [1.82, 2.24) is 13.7 Å². The summed E-state index contributed by atoms with van der Waals surface area (Å²) in [5, 5.41) is 7.38. The van der Waals surface area contributed by atoms with Crippen molar-refractivity contribution in [3.63, 3.8) is 0 Å². The lowest BCUT2D eigenvalue weighted by atomic mass is 9.33. The molecule has 5 heterocycles. The summed E-state index contributed by atoms with van der Waals surface area (Å²) >= 11 is 0. The quantitative estimate of drug-likeness (QED) is 0.160. The Balaban J connectivity index is 1.09. The molecule has 0 saturated carbocycles. The molecule has 72 heavy (non-hydrogen) atoms. The van der Waals surface area contributed by atoms with Gasteiger partial charge in [-0.1, -0.05) is 152 Å². The zero-order valence-electron chi connectivity index (χ0n) is 39.1. The van der Waals surface area contributed by atoms with Crippen molar-refractivity contribution in [2.45, 2.75) is 0 Å². The SMILES string of the molecule is c1ccc(N2c3ccccc3B3c4cc(-n5c6ccccc6c6c7c(c8ccccc8n7-c7ccccc7)c7c(c8ccccc8n7-c7ccccc7)c65)ccc4N(c4ccccc4)c4cccc2c43)cc1. The van der Waals surface area contributed by atoms with E-state index in [2.05, 4.69) is 278 Å². The summed E-state index contributed by atoms with van der Waals surface area (Å²) in [7, 11) is 0. The van der Waals surface area contributed by atoms with Gasteiger partial charge in [-0.25, -0.2) is 0 Å². The van der Waals surface area contributed by atoms with Crippen LogP contribution >= 0.6 is 0 Å². The second kappa shape index (κ2) is 15.0. The predicted octanol–water partition coefficient (Wildman–Crippen LogP) is 15.1. The zero-order valence-corrected chi connectivity index (χ0v) is 39.1. The number of nitrogens with zero attached hydrogens (tertiary/aromatic N) is 5. The number of benzene rings is 11. The summed E-state index contributed by atoms with van der Waals surface area (Å²) in [5.41, 5.74) is 21.4. The summed E-state index contributed by atoms with van der Waals surface area (Å²) < 4.78 is 7.65. The molecule has 0 aliphatic carbocycles. The number of hydrogen-bond donors (Lipinski definition) is 0. The van der Waals surface area contributed by atoms with Gasteiger partial charge in [0.15, 0.2) is 0 Å². The van der Waals surface area contributed by atoms with Crippen molar-refractivity contribution in [2.75, 3.05) is 9.80 Å². The van der Waals surface area contributed by atoms with Crippen molar-refractivity contribution in [2.24, 2.45) is 0 Å². The van der Waals surface area contributed by atoms with Gasteiger partial charge in [0.05, 0.1) is 33.1 Å². The van der Waals surface area contributed by atoms with Gasteiger partial charge in [-0.05, 0) is 120 Å². The van der Waals surface area contributed by atoms with Crippen LogP contribution < -0.4 is 26.2 Å². The van der Waals surface area contributed by atoms with Gasteiger partial charge in [0.2, 0.25) is 0 Å². The highest BCUT2D eigenvalue weighted by molar-refractivity contribution is 7.00. The lowest BCUT2D eigenvalue weighted by Crippen LogP contribution is -2.61. The van der Waals surface area contributed by atoms with Crippen LogP contribution in [0.15, 0.2) is 255 Å². The van der Waals surface area contributed by atoms with Crippen LogP contribution in [0.3, 0.4) is 0 Å². The molecular weight excluding hydrogens is 874 g/mol. The average Bonchev–Trinajstić information content (AvgIpc) is 4.10. The molecule has 5 nitrogen and oxygen atoms in total. The fourth-order valence-electron chi connectivity index (χ4n) is 12.8. The van der Waals surface area contributed by atoms with Gasteiger partial charge in [-0.2, -0.15) is 0 Å². The Morgan fingerprint density at radius 3 is 1.08 bits per heavy atom. The minimum atomic E-state index is -0.0392. The fraction of sp³-hybridized carbons (Fsp3) is 0. The third-order valence-electron chi connectivity index (χ3n) is 15.5. The molecule has 0 bridgehead atoms. The molecule has 16 rings (SSSR count). The number of rotatable bonds is 5. The van der Waals surface area contributed by atoms with Crippen LogP contribution in [0.5, 0.6) is 0 Å². The number of anilines is 6. The molecular formula is C66H42BN5. The molecule has 0 N–H and O–H groups in total. The van der Waals surface area contributed by atoms with Crippen LogP contribution in [-0.4, -0.2) is 20.4 Å². The van der Waals surface area contributed by atoms with Crippen molar-refractivity contribution in [3.8, 4) is 17.1 Å². The Hall–Kier alpha value is -9.52. The van der Waals surface area contributed by atoms with Gasteiger partial charge < -0.3 is 23.5 Å². The number of fused-ring (bicyclic) bond motifs is 16. The normalized spacial score (nSPS) is 12.9. The molecule has 3 aromatic heterocycles. The molecule has 334 valence electrons. The van der Waals surface area contributed by atoms with E-state index in [1.807, 2.05) is 0 Å². The van der Waals surface area contributed by atoms with Gasteiger partial charge in [0.25, 0.3) is 6.71 Å². The Kier molecular flexibility index (Phi) is 8.19. The molecule has 2 aliphatic rings. The first-order valence-electron chi connectivity index (χ1n) is 24.9. The van der Waals surface area contributed by atoms with Crippen LogP contribution in [0.4, 0.5) is 34.1 Å². The number of para-hydroxylation sites is 8. The highest BCUT2D eigenvalue weighted by Crippen LogP contribution is 2.51. The van der Waals surface area contributed by atoms with E-state index in [4.69, 9.17) is 0 Å². The second-order valence-corrected chi connectivity index (χ2v) is 19.2. The first-order valence-corrected chi connectivity index (χ1v) is 24.9. The molecule has 11 aromatic carbocycles. The van der Waals surface area contributed by atoms with Gasteiger partial charge in [-0.3, -0.25) is 0 Å². The third kappa shape index (κ3) is 5.27. The molecule has 0 radical (unpaired) electrons. The number of aromatic nitrogens is 3. The Bertz CT molecular complexity index is 4430. The number of hydrogen-bond acceptors (Lipinski definition) is 2. The van der Waals surface area contributed by atoms with Crippen LogP contribution in [0.25, 0.3) is 82.5 Å². The first-order chi connectivity index (χ1) is 35.8. The zero-order chi connectivity index (χ0) is 47.0. The smallest absolute Gasteiger partial charge is 0.252 e. The molecule has 0 saturated heterocycles. The highest BCUT2D eigenvalue weighted by Gasteiger charge is 2.43. The van der Waals surface area contributed by atoms with Crippen LogP contribution in [0.2, 0.25) is 0 Å². The van der Waals surface area contributed by atoms with Crippen molar-refractivity contribution in [3.05, 3.63) is 255 Å². The summed E-state index contributed by atoms with van der Waals surface area (Å²) in [6.45, 7) is -0.0392. The van der Waals surface area contributed by atoms with E-state index in [0.29, 0.717) is 0 Å². The Labute approximate surface area is 416 Å². The molecule has 0 amide bonds. The van der Waals surface area contributed by atoms with E-state index >= 15 is 0 Å². The molecule has 0 atom stereocenters. The summed E-state index contributed by atoms with van der Waals surface area (Å²) in [4.78, 5) is 4.96. The molecule has 6 heteroatoms. The van der Waals surface area contributed by atoms with Gasteiger partial charge >= 0.3 is 0 Å². The standard InChI is InChI=1S/C66H42BN5/c1-5-22-43(23-6-1)68-56-37-20-16-33-51(56)67-52-42-47(40-41-57(52)69(44-24-7-2-8-25-44)59-39-21-38-58(68)63(59)67)72-55-36-19-15-32-50(55)62-65-60(48-30-13-17-34-53(48)70(65)45-26-9-3-10-27-45)64-61(66(62)72)49-31-14-18-35-54(49)71(64)46-28-11-4-12-29-46/h1-42H. The maximum absolute atomic E-state index is 2.60. The molecule has 0 unspecified atom stereocenters. The summed E-state index contributed by atoms with van der Waals surface area (Å²) in [6.07, 6.45) is 0. The van der Waals surface area contributed by atoms with E-state index in [9.17, 15) is 0 Å². The molecule has 14 aromatic rings. The minimum Gasteiger partial charge on any atom is -0.311 e. The summed E-state index contributed by atoms with van der Waals surface area (Å²) in [6, 6.07) is 94.0. The van der Waals surface area contributed by atoms with E-state index in [1.165, 1.54) is 105 Å². The topological polar surface area (TPSA) is 21.3 Å². The monoisotopic (exact) mass is 915 g/mol. The van der Waals surface area contributed by atoms with Crippen LogP contribution in [0, 0.1) is 0 Å². The van der Waals surface area contributed by atoms with Gasteiger partial charge in [0, 0.05) is 83.5 Å². The maximum Gasteiger partial charge on any atom is 0.252 e. The van der Waals surface area contributed by atoms with Crippen molar-refractivity contribution >= 4 is 123 Å². The van der Waals surface area contributed by atoms with E-state index < -0.39 is 0 Å². The minimum absolute atomic E-state index is 0.0392. The largest absolute Gasteiger partial charge is 0.311 e. The Morgan fingerprint density at radius 1 is 0.250 bits per heavy atom. The molecule has 0 fully saturated rings. The van der Waals surface area contributed by atoms with E-state index in [0.717, 1.165) is 28.4 Å². The highest BCUT2D eigenvalue weighted by atomic mass is 15.2. The Morgan fingerprint density at radius 2 is 0.611 bits per heavy atom.